The topological polar surface area (TPSA) is 80.8 Å². The van der Waals surface area contributed by atoms with Crippen LogP contribution in [-0.2, 0) is 16.0 Å². The molecular weight excluding hydrogens is 378 g/mol. The largest absolute Gasteiger partial charge is 0.495 e. The van der Waals surface area contributed by atoms with Gasteiger partial charge in [-0.1, -0.05) is 11.6 Å². The van der Waals surface area contributed by atoms with Crippen LogP contribution in [0.2, 0.25) is 5.02 Å². The predicted octanol–water partition coefficient (Wildman–Crippen LogP) is 3.12. The molecule has 2 heterocycles. The molecule has 26 heavy (non-hydrogen) atoms. The molecule has 0 aliphatic carbocycles. The Morgan fingerprint density at radius 2 is 2.12 bits per heavy atom. The van der Waals surface area contributed by atoms with Crippen LogP contribution in [-0.4, -0.2) is 37.6 Å². The van der Waals surface area contributed by atoms with Gasteiger partial charge in [-0.3, -0.25) is 14.5 Å². The van der Waals surface area contributed by atoms with Gasteiger partial charge in [-0.2, -0.15) is 0 Å². The van der Waals surface area contributed by atoms with Crippen LogP contribution < -0.4 is 19.7 Å². The van der Waals surface area contributed by atoms with Crippen LogP contribution >= 0.6 is 22.9 Å². The van der Waals surface area contributed by atoms with E-state index >= 15 is 0 Å². The lowest BCUT2D eigenvalue weighted by Gasteiger charge is -2.13. The minimum absolute atomic E-state index is 0.0772. The van der Waals surface area contributed by atoms with Crippen LogP contribution in [0.1, 0.15) is 18.5 Å². The highest BCUT2D eigenvalue weighted by atomic mass is 35.5. The van der Waals surface area contributed by atoms with E-state index in [1.807, 2.05) is 0 Å². The van der Waals surface area contributed by atoms with Gasteiger partial charge in [0.25, 0.3) is 0 Å². The average Bonchev–Trinajstić information content (AvgIpc) is 3.24. The van der Waals surface area contributed by atoms with Crippen molar-refractivity contribution in [1.29, 1.82) is 0 Å². The van der Waals surface area contributed by atoms with Crippen molar-refractivity contribution in [2.45, 2.75) is 19.3 Å². The van der Waals surface area contributed by atoms with Crippen LogP contribution in [0, 0.1) is 0 Å². The van der Waals surface area contributed by atoms with E-state index < -0.39 is 0 Å². The fourth-order valence-corrected chi connectivity index (χ4v) is 3.77. The second-order valence-corrected chi connectivity index (χ2v) is 6.93. The first-order valence-corrected chi connectivity index (χ1v) is 9.23. The number of aromatic nitrogens is 1. The van der Waals surface area contributed by atoms with Gasteiger partial charge in [0.15, 0.2) is 5.13 Å². The number of carbonyl (C=O) groups excluding carboxylic acids is 2. The monoisotopic (exact) mass is 395 g/mol. The normalized spacial score (nSPS) is 13.8. The van der Waals surface area contributed by atoms with Gasteiger partial charge in [0.05, 0.1) is 37.0 Å². The molecule has 1 aliphatic rings. The Labute approximate surface area is 159 Å². The van der Waals surface area contributed by atoms with E-state index in [9.17, 15) is 9.59 Å². The molecule has 1 aromatic heterocycles. The van der Waals surface area contributed by atoms with Crippen molar-refractivity contribution in [2.24, 2.45) is 0 Å². The minimum atomic E-state index is -0.253. The first kappa shape index (κ1) is 18.5. The summed E-state index contributed by atoms with van der Waals surface area (Å²) in [5, 5.41) is 5.60. The molecule has 2 aromatic rings. The van der Waals surface area contributed by atoms with Gasteiger partial charge < -0.3 is 14.8 Å². The number of anilines is 2. The molecule has 138 valence electrons. The summed E-state index contributed by atoms with van der Waals surface area (Å²) in [6.45, 7) is 0.680. The molecule has 0 bridgehead atoms. The van der Waals surface area contributed by atoms with Gasteiger partial charge in [0.2, 0.25) is 11.8 Å². The quantitative estimate of drug-likeness (QED) is 0.812. The minimum Gasteiger partial charge on any atom is -0.495 e. The summed E-state index contributed by atoms with van der Waals surface area (Å²) in [5.74, 6) is 0.697. The molecule has 2 amide bonds. The van der Waals surface area contributed by atoms with E-state index in [1.165, 1.54) is 25.6 Å². The van der Waals surface area contributed by atoms with Crippen molar-refractivity contribution in [1.82, 2.24) is 4.98 Å². The van der Waals surface area contributed by atoms with Gasteiger partial charge in [0, 0.05) is 30.5 Å². The number of halogens is 1. The molecule has 9 heteroatoms. The van der Waals surface area contributed by atoms with E-state index in [0.717, 1.165) is 6.42 Å². The maximum absolute atomic E-state index is 12.4. The standard InChI is InChI=1S/C17H18ClN3O4S/c1-24-13-8-12(14(25-2)7-11(13)18)20-15(22)6-10-9-26-17(19-10)21-5-3-4-16(21)23/h7-9H,3-6H2,1-2H3,(H,20,22). The highest BCUT2D eigenvalue weighted by Crippen LogP contribution is 2.36. The van der Waals surface area contributed by atoms with E-state index in [0.29, 0.717) is 46.0 Å². The molecule has 0 atom stereocenters. The Balaban J connectivity index is 1.70. The Hall–Kier alpha value is -2.32. The van der Waals surface area contributed by atoms with Crippen molar-refractivity contribution in [3.8, 4) is 11.5 Å². The summed E-state index contributed by atoms with van der Waals surface area (Å²) in [6.07, 6.45) is 1.48. The lowest BCUT2D eigenvalue weighted by Crippen LogP contribution is -2.23. The fraction of sp³-hybridized carbons (Fsp3) is 0.353. The number of benzene rings is 1. The smallest absolute Gasteiger partial charge is 0.230 e. The third-order valence-corrected chi connectivity index (χ3v) is 5.14. The Morgan fingerprint density at radius 3 is 2.77 bits per heavy atom. The van der Waals surface area contributed by atoms with Crippen LogP contribution in [0.3, 0.4) is 0 Å². The van der Waals surface area contributed by atoms with Crippen molar-refractivity contribution < 1.29 is 19.1 Å². The molecular formula is C17H18ClN3O4S. The van der Waals surface area contributed by atoms with E-state index in [1.54, 1.807) is 22.4 Å². The zero-order valence-electron chi connectivity index (χ0n) is 14.4. The maximum Gasteiger partial charge on any atom is 0.230 e. The zero-order valence-corrected chi connectivity index (χ0v) is 15.9. The number of thiazole rings is 1. The molecule has 1 fully saturated rings. The van der Waals surface area contributed by atoms with Crippen molar-refractivity contribution in [3.05, 3.63) is 28.2 Å². The molecule has 0 unspecified atom stereocenters. The highest BCUT2D eigenvalue weighted by Gasteiger charge is 2.24. The highest BCUT2D eigenvalue weighted by molar-refractivity contribution is 7.14. The second kappa shape index (κ2) is 7.92. The van der Waals surface area contributed by atoms with Gasteiger partial charge in [0.1, 0.15) is 11.5 Å². The van der Waals surface area contributed by atoms with Gasteiger partial charge in [-0.15, -0.1) is 11.3 Å². The number of methoxy groups -OCH3 is 2. The Morgan fingerprint density at radius 1 is 1.35 bits per heavy atom. The maximum atomic E-state index is 12.4. The Kier molecular flexibility index (Phi) is 5.63. The lowest BCUT2D eigenvalue weighted by atomic mass is 10.2. The van der Waals surface area contributed by atoms with Gasteiger partial charge in [-0.25, -0.2) is 4.98 Å². The van der Waals surface area contributed by atoms with Crippen molar-refractivity contribution in [3.63, 3.8) is 0 Å². The molecule has 0 spiro atoms. The third-order valence-electron chi connectivity index (χ3n) is 3.93. The molecule has 0 radical (unpaired) electrons. The van der Waals surface area contributed by atoms with Crippen LogP contribution in [0.15, 0.2) is 17.5 Å². The molecule has 0 saturated carbocycles. The average molecular weight is 396 g/mol. The first-order valence-electron chi connectivity index (χ1n) is 7.98. The number of ether oxygens (including phenoxy) is 2. The summed E-state index contributed by atoms with van der Waals surface area (Å²) in [6, 6.07) is 3.18. The number of rotatable bonds is 6. The van der Waals surface area contributed by atoms with E-state index in [-0.39, 0.29) is 18.2 Å². The number of nitrogens with one attached hydrogen (secondary N) is 1. The van der Waals surface area contributed by atoms with Crippen molar-refractivity contribution >= 4 is 45.6 Å². The summed E-state index contributed by atoms with van der Waals surface area (Å²) >= 11 is 7.43. The zero-order chi connectivity index (χ0) is 18.7. The van der Waals surface area contributed by atoms with E-state index in [4.69, 9.17) is 21.1 Å². The molecule has 3 rings (SSSR count). The molecule has 1 aromatic carbocycles. The van der Waals surface area contributed by atoms with E-state index in [2.05, 4.69) is 10.3 Å². The Bertz CT molecular complexity index is 839. The lowest BCUT2D eigenvalue weighted by molar-refractivity contribution is -0.117. The molecule has 1 saturated heterocycles. The number of hydrogen-bond donors (Lipinski definition) is 1. The summed E-state index contributed by atoms with van der Waals surface area (Å²) < 4.78 is 10.4. The van der Waals surface area contributed by atoms with Gasteiger partial charge >= 0.3 is 0 Å². The number of carbonyl (C=O) groups is 2. The predicted molar refractivity (Wildman–Crippen MR) is 101 cm³/mol. The second-order valence-electron chi connectivity index (χ2n) is 5.68. The van der Waals surface area contributed by atoms with Crippen LogP contribution in [0.4, 0.5) is 10.8 Å². The van der Waals surface area contributed by atoms with Crippen LogP contribution in [0.5, 0.6) is 11.5 Å². The summed E-state index contributed by atoms with van der Waals surface area (Å²) in [4.78, 5) is 30.2. The first-order chi connectivity index (χ1) is 12.5. The molecule has 1 N–H and O–H groups in total. The van der Waals surface area contributed by atoms with Crippen molar-refractivity contribution in [2.75, 3.05) is 31.0 Å². The number of amides is 2. The summed E-state index contributed by atoms with van der Waals surface area (Å²) in [7, 11) is 2.99. The third kappa shape index (κ3) is 3.91. The fourth-order valence-electron chi connectivity index (χ4n) is 2.67. The number of nitrogens with zero attached hydrogens (tertiary/aromatic N) is 2. The van der Waals surface area contributed by atoms with Gasteiger partial charge in [-0.05, 0) is 6.42 Å². The molecule has 1 aliphatic heterocycles. The van der Waals surface area contributed by atoms with Crippen LogP contribution in [0.25, 0.3) is 0 Å². The SMILES string of the molecule is COc1cc(NC(=O)Cc2csc(N3CCCC3=O)n2)c(OC)cc1Cl. The summed E-state index contributed by atoms with van der Waals surface area (Å²) in [5.41, 5.74) is 1.08. The molecule has 7 nitrogen and oxygen atoms in total. The number of hydrogen-bond acceptors (Lipinski definition) is 6.